The van der Waals surface area contributed by atoms with E-state index in [-0.39, 0.29) is 24.4 Å². The van der Waals surface area contributed by atoms with Crippen LogP contribution in [0.15, 0.2) is 42.5 Å². The fourth-order valence-corrected chi connectivity index (χ4v) is 5.32. The van der Waals surface area contributed by atoms with E-state index < -0.39 is 6.10 Å². The number of halogens is 1. The molecule has 2 aliphatic rings. The molecule has 3 atom stereocenters. The zero-order valence-electron chi connectivity index (χ0n) is 19.3. The predicted molar refractivity (Wildman–Crippen MR) is 129 cm³/mol. The van der Waals surface area contributed by atoms with Gasteiger partial charge in [0, 0.05) is 25.0 Å². The molecule has 1 heterocycles. The molecule has 2 N–H and O–H groups in total. The van der Waals surface area contributed by atoms with Gasteiger partial charge in [-0.3, -0.25) is 0 Å². The van der Waals surface area contributed by atoms with Gasteiger partial charge in [-0.05, 0) is 67.0 Å². The van der Waals surface area contributed by atoms with Crippen LogP contribution in [0.3, 0.4) is 0 Å². The first-order valence-electron chi connectivity index (χ1n) is 12.0. The summed E-state index contributed by atoms with van der Waals surface area (Å²) < 4.78 is 17.9. The van der Waals surface area contributed by atoms with Gasteiger partial charge in [-0.25, -0.2) is 0 Å². The molecule has 6 heteroatoms. The molecule has 0 aromatic heterocycles. The Bertz CT molecular complexity index is 888. The van der Waals surface area contributed by atoms with Gasteiger partial charge in [0.1, 0.15) is 11.4 Å². The standard InChI is InChI=1S/C27H35ClO5/c1-31-18-27(11-3-2-4-12-27)33-23-8-5-19(6-9-23)13-21-14-20(7-10-25(21)28)26-16-22(30)15-24(17-29)32-26/h5-10,14,22,24,26,29-30H,2-4,11-13,15-18H2,1H3/t22?,24-,26+/m0/s1. The summed E-state index contributed by atoms with van der Waals surface area (Å²) in [4.78, 5) is 0. The Hall–Kier alpha value is -1.63. The van der Waals surface area contributed by atoms with E-state index in [1.165, 1.54) is 19.3 Å². The van der Waals surface area contributed by atoms with Crippen molar-refractivity contribution in [2.24, 2.45) is 0 Å². The maximum atomic E-state index is 10.2. The zero-order valence-corrected chi connectivity index (χ0v) is 20.1. The van der Waals surface area contributed by atoms with Crippen LogP contribution in [0, 0.1) is 0 Å². The first kappa shape index (κ1) is 24.5. The molecular formula is C27H35ClO5. The van der Waals surface area contributed by atoms with Crippen LogP contribution in [0.1, 0.15) is 67.7 Å². The van der Waals surface area contributed by atoms with Crippen LogP contribution in [0.4, 0.5) is 0 Å². The van der Waals surface area contributed by atoms with Gasteiger partial charge in [0.05, 0.1) is 31.5 Å². The van der Waals surface area contributed by atoms with Gasteiger partial charge >= 0.3 is 0 Å². The van der Waals surface area contributed by atoms with Gasteiger partial charge in [-0.15, -0.1) is 0 Å². The lowest BCUT2D eigenvalue weighted by molar-refractivity contribution is -0.113. The molecule has 2 aromatic rings. The fraction of sp³-hybridized carbons (Fsp3) is 0.556. The normalized spacial score (nSPS) is 25.0. The molecule has 0 spiro atoms. The van der Waals surface area contributed by atoms with Crippen molar-refractivity contribution in [2.45, 2.75) is 75.3 Å². The molecule has 1 unspecified atom stereocenters. The molecule has 1 saturated heterocycles. The average Bonchev–Trinajstić information content (AvgIpc) is 2.82. The monoisotopic (exact) mass is 474 g/mol. The Labute approximate surface area is 201 Å². The molecule has 1 aliphatic heterocycles. The summed E-state index contributed by atoms with van der Waals surface area (Å²) >= 11 is 6.51. The minimum atomic E-state index is -0.474. The smallest absolute Gasteiger partial charge is 0.132 e. The number of aliphatic hydroxyl groups is 2. The van der Waals surface area contributed by atoms with E-state index in [1.807, 2.05) is 24.3 Å². The van der Waals surface area contributed by atoms with Gasteiger partial charge in [0.15, 0.2) is 0 Å². The average molecular weight is 475 g/mol. The number of benzene rings is 2. The molecule has 1 aliphatic carbocycles. The Morgan fingerprint density at radius 2 is 1.82 bits per heavy atom. The van der Waals surface area contributed by atoms with Crippen molar-refractivity contribution in [1.29, 1.82) is 0 Å². The molecule has 0 bridgehead atoms. The Kier molecular flexibility index (Phi) is 8.31. The number of methoxy groups -OCH3 is 1. The van der Waals surface area contributed by atoms with E-state index in [4.69, 9.17) is 25.8 Å². The van der Waals surface area contributed by atoms with Gasteiger partial charge < -0.3 is 24.4 Å². The summed E-state index contributed by atoms with van der Waals surface area (Å²) in [5, 5.41) is 20.3. The Balaban J connectivity index is 1.45. The lowest BCUT2D eigenvalue weighted by atomic mass is 9.85. The van der Waals surface area contributed by atoms with Crippen LogP contribution in [-0.4, -0.2) is 48.3 Å². The summed E-state index contributed by atoms with van der Waals surface area (Å²) in [6.45, 7) is 0.528. The third-order valence-corrected chi connectivity index (χ3v) is 7.22. The van der Waals surface area contributed by atoms with Gasteiger partial charge in [0.2, 0.25) is 0 Å². The number of rotatable bonds is 8. The maximum absolute atomic E-state index is 10.2. The third kappa shape index (κ3) is 6.28. The highest BCUT2D eigenvalue weighted by Crippen LogP contribution is 2.35. The summed E-state index contributed by atoms with van der Waals surface area (Å²) in [5.41, 5.74) is 2.91. The van der Waals surface area contributed by atoms with Crippen molar-refractivity contribution in [3.05, 3.63) is 64.2 Å². The van der Waals surface area contributed by atoms with E-state index in [2.05, 4.69) is 18.2 Å². The zero-order chi connectivity index (χ0) is 23.3. The van der Waals surface area contributed by atoms with Crippen LogP contribution in [0.25, 0.3) is 0 Å². The van der Waals surface area contributed by atoms with Crippen LogP contribution < -0.4 is 4.74 Å². The lowest BCUT2D eigenvalue weighted by Gasteiger charge is -2.37. The molecule has 180 valence electrons. The minimum Gasteiger partial charge on any atom is -0.485 e. The van der Waals surface area contributed by atoms with Crippen LogP contribution in [0.5, 0.6) is 5.75 Å². The van der Waals surface area contributed by atoms with Crippen molar-refractivity contribution in [2.75, 3.05) is 20.3 Å². The Morgan fingerprint density at radius 3 is 2.52 bits per heavy atom. The number of hydrogen-bond donors (Lipinski definition) is 2. The fourth-order valence-electron chi connectivity index (χ4n) is 5.13. The number of ether oxygens (including phenoxy) is 3. The molecule has 2 aromatic carbocycles. The molecule has 1 saturated carbocycles. The number of aliphatic hydroxyl groups excluding tert-OH is 2. The van der Waals surface area contributed by atoms with Gasteiger partial charge in [-0.2, -0.15) is 0 Å². The quantitative estimate of drug-likeness (QED) is 0.548. The van der Waals surface area contributed by atoms with E-state index in [0.717, 1.165) is 35.3 Å². The summed E-state index contributed by atoms with van der Waals surface area (Å²) in [6, 6.07) is 14.1. The summed E-state index contributed by atoms with van der Waals surface area (Å²) in [6.07, 6.45) is 6.29. The summed E-state index contributed by atoms with van der Waals surface area (Å²) in [5.74, 6) is 0.872. The Morgan fingerprint density at radius 1 is 1.06 bits per heavy atom. The predicted octanol–water partition coefficient (Wildman–Crippen LogP) is 5.23. The first-order chi connectivity index (χ1) is 16.0. The highest BCUT2D eigenvalue weighted by Gasteiger charge is 2.34. The van der Waals surface area contributed by atoms with Crippen molar-refractivity contribution in [1.82, 2.24) is 0 Å². The second-order valence-electron chi connectivity index (χ2n) is 9.50. The van der Waals surface area contributed by atoms with E-state index >= 15 is 0 Å². The van der Waals surface area contributed by atoms with E-state index in [0.29, 0.717) is 30.9 Å². The molecule has 2 fully saturated rings. The van der Waals surface area contributed by atoms with Crippen LogP contribution in [-0.2, 0) is 15.9 Å². The van der Waals surface area contributed by atoms with Crippen molar-refractivity contribution in [3.8, 4) is 5.75 Å². The van der Waals surface area contributed by atoms with Gasteiger partial charge in [-0.1, -0.05) is 42.3 Å². The molecular weight excluding hydrogens is 440 g/mol. The second kappa shape index (κ2) is 11.2. The largest absolute Gasteiger partial charge is 0.485 e. The maximum Gasteiger partial charge on any atom is 0.132 e. The molecule has 0 radical (unpaired) electrons. The lowest BCUT2D eigenvalue weighted by Crippen LogP contribution is -2.42. The first-order valence-corrected chi connectivity index (χ1v) is 12.4. The second-order valence-corrected chi connectivity index (χ2v) is 9.91. The van der Waals surface area contributed by atoms with Crippen LogP contribution >= 0.6 is 11.6 Å². The topological polar surface area (TPSA) is 68.2 Å². The van der Waals surface area contributed by atoms with E-state index in [1.54, 1.807) is 7.11 Å². The summed E-state index contributed by atoms with van der Waals surface area (Å²) in [7, 11) is 1.74. The molecule has 0 amide bonds. The van der Waals surface area contributed by atoms with Crippen molar-refractivity contribution >= 4 is 11.6 Å². The highest BCUT2D eigenvalue weighted by atomic mass is 35.5. The highest BCUT2D eigenvalue weighted by molar-refractivity contribution is 6.31. The third-order valence-electron chi connectivity index (χ3n) is 6.85. The van der Waals surface area contributed by atoms with Crippen LogP contribution in [0.2, 0.25) is 5.02 Å². The molecule has 5 nitrogen and oxygen atoms in total. The minimum absolute atomic E-state index is 0.0892. The van der Waals surface area contributed by atoms with Crippen molar-refractivity contribution < 1.29 is 24.4 Å². The van der Waals surface area contributed by atoms with Gasteiger partial charge in [0.25, 0.3) is 0 Å². The SMILES string of the molecule is COCC1(Oc2ccc(Cc3cc([C@H]4CC(O)C[C@@H](CO)O4)ccc3Cl)cc2)CCCCC1. The van der Waals surface area contributed by atoms with E-state index in [9.17, 15) is 10.2 Å². The number of hydrogen-bond acceptors (Lipinski definition) is 5. The molecule has 4 rings (SSSR count). The van der Waals surface area contributed by atoms with Crippen molar-refractivity contribution in [3.63, 3.8) is 0 Å². The molecule has 33 heavy (non-hydrogen) atoms.